The molecule has 1 atom stereocenters. The minimum atomic E-state index is -0.560. The molecule has 19 heavy (non-hydrogen) atoms. The predicted molar refractivity (Wildman–Crippen MR) is 71.2 cm³/mol. The van der Waals surface area contributed by atoms with Crippen molar-refractivity contribution in [2.45, 2.75) is 44.1 Å². The second-order valence-electron chi connectivity index (χ2n) is 5.36. The van der Waals surface area contributed by atoms with Gasteiger partial charge in [0.2, 0.25) is 5.91 Å². The van der Waals surface area contributed by atoms with Crippen molar-refractivity contribution in [1.82, 2.24) is 5.32 Å². The van der Waals surface area contributed by atoms with Gasteiger partial charge in [-0.1, -0.05) is 25.0 Å². The Morgan fingerprint density at radius 3 is 2.47 bits per heavy atom. The van der Waals surface area contributed by atoms with Crippen LogP contribution >= 0.6 is 0 Å². The van der Waals surface area contributed by atoms with Crippen molar-refractivity contribution >= 4 is 5.91 Å². The molecule has 1 aromatic rings. The molecular formula is C15H20FNO2. The summed E-state index contributed by atoms with van der Waals surface area (Å²) in [6.07, 6.45) is 3.00. The molecule has 1 amide bonds. The van der Waals surface area contributed by atoms with E-state index in [1.807, 2.05) is 0 Å². The lowest BCUT2D eigenvalue weighted by atomic mass is 9.78. The van der Waals surface area contributed by atoms with Crippen LogP contribution in [0.1, 0.15) is 38.2 Å². The van der Waals surface area contributed by atoms with Gasteiger partial charge in [-0.3, -0.25) is 4.79 Å². The average Bonchev–Trinajstić information content (AvgIpc) is 2.87. The second kappa shape index (κ2) is 5.70. The first-order valence-electron chi connectivity index (χ1n) is 6.77. The van der Waals surface area contributed by atoms with Gasteiger partial charge in [-0.05, 0) is 37.5 Å². The highest BCUT2D eigenvalue weighted by Crippen LogP contribution is 2.41. The topological polar surface area (TPSA) is 49.3 Å². The van der Waals surface area contributed by atoms with E-state index in [1.165, 1.54) is 12.1 Å². The van der Waals surface area contributed by atoms with Crippen molar-refractivity contribution in [3.8, 4) is 0 Å². The van der Waals surface area contributed by atoms with Crippen molar-refractivity contribution in [1.29, 1.82) is 0 Å². The summed E-state index contributed by atoms with van der Waals surface area (Å²) in [5, 5.41) is 12.1. The molecule has 2 N–H and O–H groups in total. The number of hydrogen-bond donors (Lipinski definition) is 2. The molecule has 1 aliphatic rings. The number of halogens is 1. The third-order valence-corrected chi connectivity index (χ3v) is 3.85. The molecule has 4 heteroatoms. The molecule has 0 radical (unpaired) electrons. The molecule has 1 aliphatic carbocycles. The maximum atomic E-state index is 13.0. The van der Waals surface area contributed by atoms with E-state index < -0.39 is 11.5 Å². The van der Waals surface area contributed by atoms with Gasteiger partial charge in [0.1, 0.15) is 5.82 Å². The summed E-state index contributed by atoms with van der Waals surface area (Å²) in [5.41, 5.74) is 0.317. The van der Waals surface area contributed by atoms with Crippen LogP contribution in [0.15, 0.2) is 24.3 Å². The van der Waals surface area contributed by atoms with Crippen LogP contribution < -0.4 is 5.32 Å². The predicted octanol–water partition coefficient (Wildman–Crippen LogP) is 2.13. The number of amides is 1. The molecule has 0 saturated heterocycles. The number of hydrogen-bond acceptors (Lipinski definition) is 2. The largest absolute Gasteiger partial charge is 0.392 e. The average molecular weight is 265 g/mol. The van der Waals surface area contributed by atoms with E-state index in [0.717, 1.165) is 31.2 Å². The zero-order valence-corrected chi connectivity index (χ0v) is 11.2. The van der Waals surface area contributed by atoms with Gasteiger partial charge in [-0.2, -0.15) is 0 Å². The molecule has 1 aromatic carbocycles. The van der Waals surface area contributed by atoms with E-state index in [4.69, 9.17) is 0 Å². The highest BCUT2D eigenvalue weighted by atomic mass is 19.1. The number of rotatable bonds is 4. The summed E-state index contributed by atoms with van der Waals surface area (Å²) in [5.74, 6) is -0.348. The Morgan fingerprint density at radius 1 is 1.37 bits per heavy atom. The summed E-state index contributed by atoms with van der Waals surface area (Å²) in [6.45, 7) is 1.89. The van der Waals surface area contributed by atoms with Crippen LogP contribution in [0.3, 0.4) is 0 Å². The second-order valence-corrected chi connectivity index (χ2v) is 5.36. The molecule has 1 unspecified atom stereocenters. The Bertz CT molecular complexity index is 436. The summed E-state index contributed by atoms with van der Waals surface area (Å²) in [4.78, 5) is 12.4. The molecule has 2 rings (SSSR count). The quantitative estimate of drug-likeness (QED) is 0.876. The number of benzene rings is 1. The summed E-state index contributed by atoms with van der Waals surface area (Å²) < 4.78 is 13.0. The molecule has 0 aliphatic heterocycles. The van der Waals surface area contributed by atoms with Gasteiger partial charge in [-0.15, -0.1) is 0 Å². The van der Waals surface area contributed by atoms with Crippen LogP contribution in [-0.4, -0.2) is 23.7 Å². The molecule has 3 nitrogen and oxygen atoms in total. The van der Waals surface area contributed by atoms with Gasteiger partial charge in [0.25, 0.3) is 0 Å². The maximum Gasteiger partial charge on any atom is 0.230 e. The highest BCUT2D eigenvalue weighted by Gasteiger charge is 2.42. The molecule has 1 saturated carbocycles. The first kappa shape index (κ1) is 14.0. The normalized spacial score (nSPS) is 19.1. The summed E-state index contributed by atoms with van der Waals surface area (Å²) in [6, 6.07) is 6.19. The lowest BCUT2D eigenvalue weighted by molar-refractivity contribution is -0.127. The first-order valence-corrected chi connectivity index (χ1v) is 6.77. The molecule has 0 bridgehead atoms. The minimum absolute atomic E-state index is 0.0579. The molecule has 0 aromatic heterocycles. The van der Waals surface area contributed by atoms with Crippen molar-refractivity contribution in [3.63, 3.8) is 0 Å². The van der Waals surface area contributed by atoms with Gasteiger partial charge in [0.15, 0.2) is 0 Å². The van der Waals surface area contributed by atoms with E-state index in [0.29, 0.717) is 0 Å². The number of aliphatic hydroxyl groups is 1. The Morgan fingerprint density at radius 2 is 1.95 bits per heavy atom. The highest BCUT2D eigenvalue weighted by molar-refractivity contribution is 5.88. The van der Waals surface area contributed by atoms with Crippen LogP contribution in [0, 0.1) is 5.82 Å². The van der Waals surface area contributed by atoms with Gasteiger partial charge in [0.05, 0.1) is 11.5 Å². The van der Waals surface area contributed by atoms with Crippen molar-refractivity contribution < 1.29 is 14.3 Å². The summed E-state index contributed by atoms with van der Waals surface area (Å²) in [7, 11) is 0. The minimum Gasteiger partial charge on any atom is -0.392 e. The lowest BCUT2D eigenvalue weighted by Crippen LogP contribution is -2.44. The Balaban J connectivity index is 2.22. The zero-order chi connectivity index (χ0) is 13.9. The van der Waals surface area contributed by atoms with E-state index in [1.54, 1.807) is 19.1 Å². The molecule has 104 valence electrons. The Labute approximate surface area is 112 Å². The fourth-order valence-corrected chi connectivity index (χ4v) is 2.80. The van der Waals surface area contributed by atoms with Gasteiger partial charge in [-0.25, -0.2) is 4.39 Å². The summed E-state index contributed by atoms with van der Waals surface area (Å²) >= 11 is 0. The van der Waals surface area contributed by atoms with Crippen molar-refractivity contribution in [2.75, 3.05) is 6.54 Å². The number of carbonyl (C=O) groups is 1. The SMILES string of the molecule is CC(O)CNC(=O)C1(c2ccc(F)cc2)CCCC1. The smallest absolute Gasteiger partial charge is 0.230 e. The van der Waals surface area contributed by atoms with Crippen molar-refractivity contribution in [2.24, 2.45) is 0 Å². The van der Waals surface area contributed by atoms with Crippen molar-refractivity contribution in [3.05, 3.63) is 35.6 Å². The van der Waals surface area contributed by atoms with E-state index >= 15 is 0 Å². The Kier molecular flexibility index (Phi) is 4.20. The van der Waals surface area contributed by atoms with Crippen LogP contribution in [0.25, 0.3) is 0 Å². The van der Waals surface area contributed by atoms with Crippen LogP contribution in [-0.2, 0) is 10.2 Å². The van der Waals surface area contributed by atoms with E-state index in [-0.39, 0.29) is 18.3 Å². The fourth-order valence-electron chi connectivity index (χ4n) is 2.80. The van der Waals surface area contributed by atoms with Gasteiger partial charge >= 0.3 is 0 Å². The molecule has 0 spiro atoms. The van der Waals surface area contributed by atoms with Crippen LogP contribution in [0.4, 0.5) is 4.39 Å². The molecule has 1 fully saturated rings. The van der Waals surface area contributed by atoms with E-state index in [9.17, 15) is 14.3 Å². The third kappa shape index (κ3) is 2.95. The van der Waals surface area contributed by atoms with Gasteiger partial charge in [0, 0.05) is 6.54 Å². The zero-order valence-electron chi connectivity index (χ0n) is 11.2. The van der Waals surface area contributed by atoms with Gasteiger partial charge < -0.3 is 10.4 Å². The maximum absolute atomic E-state index is 13.0. The third-order valence-electron chi connectivity index (χ3n) is 3.85. The van der Waals surface area contributed by atoms with Crippen LogP contribution in [0.5, 0.6) is 0 Å². The number of carbonyl (C=O) groups excluding carboxylic acids is 1. The monoisotopic (exact) mass is 265 g/mol. The first-order chi connectivity index (χ1) is 9.04. The van der Waals surface area contributed by atoms with E-state index in [2.05, 4.69) is 5.32 Å². The standard InChI is InChI=1S/C15H20FNO2/c1-11(18)10-17-14(19)15(8-2-3-9-15)12-4-6-13(16)7-5-12/h4-7,11,18H,2-3,8-10H2,1H3,(H,17,19). The number of aliphatic hydroxyl groups excluding tert-OH is 1. The van der Waals surface area contributed by atoms with Crippen LogP contribution in [0.2, 0.25) is 0 Å². The Hall–Kier alpha value is -1.42. The molecular weight excluding hydrogens is 245 g/mol. The number of nitrogens with one attached hydrogen (secondary N) is 1. The lowest BCUT2D eigenvalue weighted by Gasteiger charge is -2.28. The fraction of sp³-hybridized carbons (Fsp3) is 0.533. The molecule has 0 heterocycles.